The maximum atomic E-state index is 13.1. The third-order valence-electron chi connectivity index (χ3n) is 20.0. The van der Waals surface area contributed by atoms with E-state index in [1.165, 1.54) is 283 Å². The maximum Gasteiger partial charge on any atom is 0.472 e. The van der Waals surface area contributed by atoms with Gasteiger partial charge in [-0.25, -0.2) is 9.13 Å². The van der Waals surface area contributed by atoms with Gasteiger partial charge in [-0.05, 0) is 31.6 Å². The fourth-order valence-electron chi connectivity index (χ4n) is 13.3. The molecule has 2 unspecified atom stereocenters. The first-order chi connectivity index (χ1) is 50.5. The Kier molecular flexibility index (Phi) is 76.3. The fourth-order valence-corrected chi connectivity index (χ4v) is 14.9. The van der Waals surface area contributed by atoms with Crippen LogP contribution >= 0.6 is 15.6 Å². The molecule has 17 nitrogen and oxygen atoms in total. The van der Waals surface area contributed by atoms with E-state index in [4.69, 9.17) is 37.0 Å². The third-order valence-corrected chi connectivity index (χ3v) is 21.9. The molecule has 0 aliphatic heterocycles. The van der Waals surface area contributed by atoms with E-state index in [2.05, 4.69) is 34.6 Å². The molecule has 0 rings (SSSR count). The van der Waals surface area contributed by atoms with Crippen LogP contribution in [0.5, 0.6) is 0 Å². The van der Waals surface area contributed by atoms with Crippen LogP contribution in [0, 0.1) is 5.92 Å². The zero-order chi connectivity index (χ0) is 76.2. The van der Waals surface area contributed by atoms with Gasteiger partial charge in [0.15, 0.2) is 12.2 Å². The summed E-state index contributed by atoms with van der Waals surface area (Å²) < 4.78 is 68.8. The molecular weight excluding hydrogens is 1350 g/mol. The number of hydrogen-bond acceptors (Lipinski definition) is 15. The summed E-state index contributed by atoms with van der Waals surface area (Å²) in [6.45, 7) is 7.32. The minimum Gasteiger partial charge on any atom is -0.462 e. The highest BCUT2D eigenvalue weighted by Gasteiger charge is 2.30. The Morgan fingerprint density at radius 1 is 0.260 bits per heavy atom. The third kappa shape index (κ3) is 78.2. The number of aliphatic hydroxyl groups is 1. The van der Waals surface area contributed by atoms with Crippen LogP contribution in [0.15, 0.2) is 0 Å². The summed E-state index contributed by atoms with van der Waals surface area (Å²) in [5.74, 6) is -1.37. The Morgan fingerprint density at radius 3 is 0.654 bits per heavy atom. The minimum atomic E-state index is -4.96. The monoisotopic (exact) mass is 1520 g/mol. The highest BCUT2D eigenvalue weighted by atomic mass is 31.2. The van der Waals surface area contributed by atoms with Gasteiger partial charge < -0.3 is 33.8 Å². The van der Waals surface area contributed by atoms with Gasteiger partial charge in [0, 0.05) is 25.7 Å². The molecule has 0 aromatic heterocycles. The van der Waals surface area contributed by atoms with Crippen molar-refractivity contribution < 1.29 is 80.2 Å². The number of hydrogen-bond donors (Lipinski definition) is 3. The SMILES string of the molecule is CCCCCCCCCCCCCCCCCCCCCCCCC(=O)O[C@H](COC(=O)CCCCCCCCCCCCCCCCCCCCC)COP(=O)(O)OC[C@@H](O)COP(=O)(O)OC[C@@H](COC(=O)CCCCCCCCCCCCC)OC(=O)CCCCCCCCCCCC(C)C. The Balaban J connectivity index is 5.20. The Bertz CT molecular complexity index is 1980. The lowest BCUT2D eigenvalue weighted by Gasteiger charge is -2.21. The summed E-state index contributed by atoms with van der Waals surface area (Å²) in [7, 11) is -9.92. The van der Waals surface area contributed by atoms with Gasteiger partial charge in [-0.1, -0.05) is 407 Å². The normalized spacial score (nSPS) is 13.8. The summed E-state index contributed by atoms with van der Waals surface area (Å²) in [5.41, 5.74) is 0. The van der Waals surface area contributed by atoms with Crippen LogP contribution in [0.25, 0.3) is 0 Å². The quantitative estimate of drug-likeness (QED) is 0.0222. The van der Waals surface area contributed by atoms with Crippen LogP contribution in [0.1, 0.15) is 458 Å². The molecule has 0 spiro atoms. The number of carbonyl (C=O) groups is 4. The van der Waals surface area contributed by atoms with E-state index in [-0.39, 0.29) is 25.7 Å². The summed E-state index contributed by atoms with van der Waals surface area (Å²) >= 11 is 0. The van der Waals surface area contributed by atoms with Crippen molar-refractivity contribution in [1.29, 1.82) is 0 Å². The number of aliphatic hydroxyl groups excluding tert-OH is 1. The van der Waals surface area contributed by atoms with Crippen LogP contribution in [-0.2, 0) is 65.4 Å². The van der Waals surface area contributed by atoms with E-state index in [1.807, 2.05) is 0 Å². The fraction of sp³-hybridized carbons (Fsp3) is 0.953. The zero-order valence-electron chi connectivity index (χ0n) is 68.2. The van der Waals surface area contributed by atoms with E-state index in [0.717, 1.165) is 95.8 Å². The molecule has 0 aromatic rings. The molecule has 0 heterocycles. The number of phosphoric ester groups is 2. The second-order valence-corrected chi connectivity index (χ2v) is 34.0. The second-order valence-electron chi connectivity index (χ2n) is 31.1. The van der Waals surface area contributed by atoms with Crippen LogP contribution in [0.4, 0.5) is 0 Å². The first-order valence-electron chi connectivity index (χ1n) is 44.1. The predicted octanol–water partition coefficient (Wildman–Crippen LogP) is 26.0. The Morgan fingerprint density at radius 2 is 0.442 bits per heavy atom. The van der Waals surface area contributed by atoms with E-state index < -0.39 is 97.5 Å². The molecule has 0 aliphatic rings. The van der Waals surface area contributed by atoms with Gasteiger partial charge in [0.2, 0.25) is 0 Å². The molecule has 0 amide bonds. The summed E-state index contributed by atoms with van der Waals surface area (Å²) in [6.07, 6.45) is 71.0. The van der Waals surface area contributed by atoms with Crippen LogP contribution in [0.2, 0.25) is 0 Å². The van der Waals surface area contributed by atoms with Gasteiger partial charge in [0.05, 0.1) is 26.4 Å². The molecular formula is C85H166O17P2. The van der Waals surface area contributed by atoms with E-state index in [0.29, 0.717) is 25.7 Å². The number of rotatable bonds is 85. The molecule has 104 heavy (non-hydrogen) atoms. The lowest BCUT2D eigenvalue weighted by Crippen LogP contribution is -2.30. The second kappa shape index (κ2) is 77.8. The van der Waals surface area contributed by atoms with Crippen molar-refractivity contribution in [3.8, 4) is 0 Å². The van der Waals surface area contributed by atoms with Crippen molar-refractivity contribution in [1.82, 2.24) is 0 Å². The van der Waals surface area contributed by atoms with Gasteiger partial charge in [0.25, 0.3) is 0 Å². The van der Waals surface area contributed by atoms with Crippen molar-refractivity contribution in [2.75, 3.05) is 39.6 Å². The molecule has 3 N–H and O–H groups in total. The standard InChI is InChI=1S/C85H166O17P2/c1-6-9-12-15-18-21-24-26-28-30-32-33-34-36-38-40-42-45-50-55-60-65-70-84(89)101-80(74-96-83(88)69-64-59-54-49-44-41-39-37-35-31-29-27-25-22-19-16-13-10-7-2)76-99-103(91,92)97-72-79(86)73-98-104(93,94)100-77-81(75-95-82(87)68-63-58-53-48-43-23-20-17-14-11-8-3)102-85(90)71-66-61-56-51-46-47-52-57-62-67-78(4)5/h78-81,86H,6-77H2,1-5H3,(H,91,92)(H,93,94)/t79-,80-,81-/m1/s1. The predicted molar refractivity (Wildman–Crippen MR) is 428 cm³/mol. The van der Waals surface area contributed by atoms with E-state index >= 15 is 0 Å². The molecule has 0 saturated carbocycles. The number of unbranched alkanes of at least 4 members (excludes halogenated alkanes) is 57. The van der Waals surface area contributed by atoms with Gasteiger partial charge >= 0.3 is 39.5 Å². The van der Waals surface area contributed by atoms with Crippen LogP contribution in [-0.4, -0.2) is 96.7 Å². The van der Waals surface area contributed by atoms with Gasteiger partial charge in [-0.3, -0.25) is 37.3 Å². The van der Waals surface area contributed by atoms with Crippen molar-refractivity contribution in [3.63, 3.8) is 0 Å². The average Bonchev–Trinajstić information content (AvgIpc) is 0.921. The summed E-state index contributed by atoms with van der Waals surface area (Å²) in [5, 5.41) is 10.7. The molecule has 0 saturated heterocycles. The highest BCUT2D eigenvalue weighted by Crippen LogP contribution is 2.45. The topological polar surface area (TPSA) is 237 Å². The van der Waals surface area contributed by atoms with Crippen LogP contribution < -0.4 is 0 Å². The first-order valence-corrected chi connectivity index (χ1v) is 47.1. The van der Waals surface area contributed by atoms with Crippen LogP contribution in [0.3, 0.4) is 0 Å². The maximum absolute atomic E-state index is 13.1. The van der Waals surface area contributed by atoms with Crippen molar-refractivity contribution in [3.05, 3.63) is 0 Å². The van der Waals surface area contributed by atoms with E-state index in [9.17, 15) is 43.2 Å². The Hall–Kier alpha value is -1.94. The molecule has 0 aliphatic carbocycles. The Labute approximate surface area is 638 Å². The molecule has 0 bridgehead atoms. The minimum absolute atomic E-state index is 0.106. The largest absolute Gasteiger partial charge is 0.472 e. The highest BCUT2D eigenvalue weighted by molar-refractivity contribution is 7.47. The molecule has 0 aromatic carbocycles. The van der Waals surface area contributed by atoms with E-state index in [1.54, 1.807) is 0 Å². The molecule has 0 radical (unpaired) electrons. The number of phosphoric acid groups is 2. The number of esters is 4. The average molecular weight is 1520 g/mol. The smallest absolute Gasteiger partial charge is 0.462 e. The van der Waals surface area contributed by atoms with Crippen molar-refractivity contribution in [2.24, 2.45) is 5.92 Å². The number of carbonyl (C=O) groups excluding carboxylic acids is 4. The van der Waals surface area contributed by atoms with Gasteiger partial charge in [-0.15, -0.1) is 0 Å². The van der Waals surface area contributed by atoms with Gasteiger partial charge in [0.1, 0.15) is 19.3 Å². The molecule has 19 heteroatoms. The molecule has 5 atom stereocenters. The van der Waals surface area contributed by atoms with Crippen molar-refractivity contribution >= 4 is 39.5 Å². The summed E-state index contributed by atoms with van der Waals surface area (Å²) in [4.78, 5) is 73.1. The van der Waals surface area contributed by atoms with Crippen molar-refractivity contribution in [2.45, 2.75) is 477 Å². The molecule has 618 valence electrons. The zero-order valence-corrected chi connectivity index (χ0v) is 70.0. The number of ether oxygens (including phenoxy) is 4. The lowest BCUT2D eigenvalue weighted by molar-refractivity contribution is -0.161. The summed E-state index contributed by atoms with van der Waals surface area (Å²) in [6, 6.07) is 0. The van der Waals surface area contributed by atoms with Gasteiger partial charge in [-0.2, -0.15) is 0 Å². The first kappa shape index (κ1) is 102. The lowest BCUT2D eigenvalue weighted by atomic mass is 10.0. The molecule has 0 fully saturated rings.